The maximum atomic E-state index is 12.8. The predicted molar refractivity (Wildman–Crippen MR) is 104 cm³/mol. The largest absolute Gasteiger partial charge is 0.381 e. The van der Waals surface area contributed by atoms with Crippen molar-refractivity contribution in [2.75, 3.05) is 29.8 Å². The summed E-state index contributed by atoms with van der Waals surface area (Å²) in [4.78, 5) is 12.9. The molecular weight excluding hydrogens is 366 g/mol. The fraction of sp³-hybridized carbons (Fsp3) is 0.316. The topological polar surface area (TPSA) is 111 Å². The lowest BCUT2D eigenvalue weighted by Gasteiger charge is -2.34. The number of benzene rings is 2. The van der Waals surface area contributed by atoms with Crippen LogP contribution in [0.5, 0.6) is 0 Å². The minimum atomic E-state index is -3.70. The Balaban J connectivity index is 1.75. The lowest BCUT2D eigenvalue weighted by atomic mass is 9.79. The minimum Gasteiger partial charge on any atom is -0.381 e. The van der Waals surface area contributed by atoms with E-state index < -0.39 is 15.4 Å². The second kappa shape index (κ2) is 8.08. The van der Waals surface area contributed by atoms with Crippen molar-refractivity contribution in [2.45, 2.75) is 17.7 Å². The Kier molecular flexibility index (Phi) is 5.79. The van der Waals surface area contributed by atoms with E-state index in [9.17, 15) is 13.2 Å². The highest BCUT2D eigenvalue weighted by atomic mass is 32.2. The van der Waals surface area contributed by atoms with Crippen LogP contribution in [0, 0.1) is 5.41 Å². The van der Waals surface area contributed by atoms with E-state index in [4.69, 9.17) is 10.5 Å². The number of carbonyl (C=O) groups is 1. The molecule has 1 fully saturated rings. The van der Waals surface area contributed by atoms with Crippen molar-refractivity contribution >= 4 is 27.3 Å². The van der Waals surface area contributed by atoms with Crippen LogP contribution in [-0.4, -0.2) is 34.1 Å². The molecule has 0 bridgehead atoms. The molecule has 0 aliphatic carbocycles. The molecule has 3 rings (SSSR count). The molecule has 0 aromatic heterocycles. The van der Waals surface area contributed by atoms with E-state index in [0.717, 1.165) is 0 Å². The molecule has 0 spiro atoms. The van der Waals surface area contributed by atoms with Gasteiger partial charge in [-0.15, -0.1) is 0 Å². The molecule has 0 unspecified atom stereocenters. The van der Waals surface area contributed by atoms with Gasteiger partial charge >= 0.3 is 0 Å². The number of hydrogen-bond acceptors (Lipinski definition) is 5. The first kappa shape index (κ1) is 19.3. The Morgan fingerprint density at radius 3 is 2.37 bits per heavy atom. The van der Waals surface area contributed by atoms with Crippen molar-refractivity contribution in [1.82, 2.24) is 0 Å². The Morgan fingerprint density at radius 2 is 1.70 bits per heavy atom. The molecule has 0 atom stereocenters. The summed E-state index contributed by atoms with van der Waals surface area (Å²) in [6.45, 7) is 1.24. The van der Waals surface area contributed by atoms with Crippen LogP contribution in [0.25, 0.3) is 0 Å². The SMILES string of the molecule is NCC1(C(=O)Nc2cccc(NS(=O)(=O)c3ccccc3)c2)CCOCC1. The second-order valence-corrected chi connectivity index (χ2v) is 8.23. The smallest absolute Gasteiger partial charge is 0.261 e. The summed E-state index contributed by atoms with van der Waals surface area (Å²) < 4.78 is 32.8. The molecule has 1 aliphatic rings. The quantitative estimate of drug-likeness (QED) is 0.701. The van der Waals surface area contributed by atoms with Gasteiger partial charge in [0.05, 0.1) is 16.0 Å². The number of amides is 1. The summed E-state index contributed by atoms with van der Waals surface area (Å²) in [6.07, 6.45) is 1.13. The van der Waals surface area contributed by atoms with Crippen molar-refractivity contribution in [3.63, 3.8) is 0 Å². The third-order valence-electron chi connectivity index (χ3n) is 4.75. The lowest BCUT2D eigenvalue weighted by molar-refractivity contribution is -0.130. The van der Waals surface area contributed by atoms with Gasteiger partial charge in [-0.1, -0.05) is 24.3 Å². The predicted octanol–water partition coefficient (Wildman–Crippen LogP) is 2.18. The molecule has 1 aliphatic heterocycles. The summed E-state index contributed by atoms with van der Waals surface area (Å²) in [5.74, 6) is -0.170. The Bertz CT molecular complexity index is 894. The van der Waals surface area contributed by atoms with E-state index in [1.165, 1.54) is 12.1 Å². The molecule has 0 saturated carbocycles. The van der Waals surface area contributed by atoms with Crippen molar-refractivity contribution in [3.8, 4) is 0 Å². The van der Waals surface area contributed by atoms with E-state index in [0.29, 0.717) is 37.4 Å². The number of nitrogens with two attached hydrogens (primary N) is 1. The van der Waals surface area contributed by atoms with E-state index in [2.05, 4.69) is 10.0 Å². The van der Waals surface area contributed by atoms with Gasteiger partial charge in [0.15, 0.2) is 0 Å². The summed E-state index contributed by atoms with van der Waals surface area (Å²) >= 11 is 0. The van der Waals surface area contributed by atoms with Crippen molar-refractivity contribution in [2.24, 2.45) is 11.1 Å². The second-order valence-electron chi connectivity index (χ2n) is 6.55. The van der Waals surface area contributed by atoms with Gasteiger partial charge in [-0.05, 0) is 43.2 Å². The van der Waals surface area contributed by atoms with Crippen molar-refractivity contribution < 1.29 is 17.9 Å². The highest BCUT2D eigenvalue weighted by Crippen LogP contribution is 2.31. The highest BCUT2D eigenvalue weighted by Gasteiger charge is 2.38. The molecule has 1 saturated heterocycles. The molecule has 8 heteroatoms. The molecule has 1 amide bonds. The maximum absolute atomic E-state index is 12.8. The Labute approximate surface area is 159 Å². The van der Waals surface area contributed by atoms with Crippen molar-refractivity contribution in [3.05, 3.63) is 54.6 Å². The van der Waals surface area contributed by atoms with Crippen LogP contribution in [0.4, 0.5) is 11.4 Å². The zero-order chi connectivity index (χ0) is 19.3. The van der Waals surface area contributed by atoms with Gasteiger partial charge < -0.3 is 15.8 Å². The Hall–Kier alpha value is -2.42. The van der Waals surface area contributed by atoms with Gasteiger partial charge in [-0.3, -0.25) is 9.52 Å². The first-order valence-electron chi connectivity index (χ1n) is 8.72. The van der Waals surface area contributed by atoms with Crippen LogP contribution in [0.3, 0.4) is 0 Å². The van der Waals surface area contributed by atoms with Crippen LogP contribution >= 0.6 is 0 Å². The molecule has 2 aromatic rings. The first-order chi connectivity index (χ1) is 13.0. The molecule has 7 nitrogen and oxygen atoms in total. The number of sulfonamides is 1. The lowest BCUT2D eigenvalue weighted by Crippen LogP contribution is -2.46. The molecule has 0 radical (unpaired) electrons. The normalized spacial score (nSPS) is 16.5. The van der Waals surface area contributed by atoms with Crippen LogP contribution in [0.1, 0.15) is 12.8 Å². The molecule has 2 aromatic carbocycles. The first-order valence-corrected chi connectivity index (χ1v) is 10.2. The number of anilines is 2. The fourth-order valence-corrected chi connectivity index (χ4v) is 4.09. The number of ether oxygens (including phenoxy) is 1. The van der Waals surface area contributed by atoms with E-state index >= 15 is 0 Å². The number of carbonyl (C=O) groups excluding carboxylic acids is 1. The van der Waals surface area contributed by atoms with Gasteiger partial charge in [0, 0.05) is 25.4 Å². The fourth-order valence-electron chi connectivity index (χ4n) is 3.02. The monoisotopic (exact) mass is 389 g/mol. The summed E-state index contributed by atoms with van der Waals surface area (Å²) in [7, 11) is -3.70. The van der Waals surface area contributed by atoms with E-state index in [1.807, 2.05) is 0 Å². The zero-order valence-corrected chi connectivity index (χ0v) is 15.7. The zero-order valence-electron chi connectivity index (χ0n) is 14.9. The molecule has 1 heterocycles. The highest BCUT2D eigenvalue weighted by molar-refractivity contribution is 7.92. The van der Waals surface area contributed by atoms with Gasteiger partial charge in [0.2, 0.25) is 5.91 Å². The Morgan fingerprint density at radius 1 is 1.04 bits per heavy atom. The molecule has 27 heavy (non-hydrogen) atoms. The minimum absolute atomic E-state index is 0.170. The summed E-state index contributed by atoms with van der Waals surface area (Å²) in [5, 5.41) is 2.86. The van der Waals surface area contributed by atoms with Gasteiger partial charge in [-0.25, -0.2) is 8.42 Å². The maximum Gasteiger partial charge on any atom is 0.261 e. The third kappa shape index (κ3) is 4.47. The molecule has 144 valence electrons. The van der Waals surface area contributed by atoms with Gasteiger partial charge in [0.1, 0.15) is 0 Å². The average Bonchev–Trinajstić information content (AvgIpc) is 2.69. The summed E-state index contributed by atoms with van der Waals surface area (Å²) in [5.41, 5.74) is 6.08. The summed E-state index contributed by atoms with van der Waals surface area (Å²) in [6, 6.07) is 14.7. The standard InChI is InChI=1S/C19H23N3O4S/c20-14-19(9-11-26-12-10-19)18(23)21-15-5-4-6-16(13-15)22-27(24,25)17-7-2-1-3-8-17/h1-8,13,22H,9-12,14,20H2,(H,21,23). The van der Waals surface area contributed by atoms with Crippen LogP contribution in [0.2, 0.25) is 0 Å². The van der Waals surface area contributed by atoms with Crippen molar-refractivity contribution in [1.29, 1.82) is 0 Å². The average molecular weight is 389 g/mol. The number of hydrogen-bond donors (Lipinski definition) is 3. The molecular formula is C19H23N3O4S. The van der Waals surface area contributed by atoms with Crippen LogP contribution < -0.4 is 15.8 Å². The van der Waals surface area contributed by atoms with Gasteiger partial charge in [0.25, 0.3) is 10.0 Å². The molecule has 4 N–H and O–H groups in total. The van der Waals surface area contributed by atoms with Crippen LogP contribution in [-0.2, 0) is 19.6 Å². The number of rotatable bonds is 6. The van der Waals surface area contributed by atoms with E-state index in [-0.39, 0.29) is 17.3 Å². The van der Waals surface area contributed by atoms with Crippen LogP contribution in [0.15, 0.2) is 59.5 Å². The number of nitrogens with one attached hydrogen (secondary N) is 2. The third-order valence-corrected chi connectivity index (χ3v) is 6.15. The van der Waals surface area contributed by atoms with E-state index in [1.54, 1.807) is 42.5 Å². The van der Waals surface area contributed by atoms with Gasteiger partial charge in [-0.2, -0.15) is 0 Å².